The minimum atomic E-state index is -0.582. The number of aryl methyl sites for hydroxylation is 1. The Balaban J connectivity index is 1.91. The van der Waals surface area contributed by atoms with Gasteiger partial charge < -0.3 is 9.30 Å². The Hall–Kier alpha value is -3.21. The maximum atomic E-state index is 13.1. The first-order valence-electron chi connectivity index (χ1n) is 8.51. The number of benzene rings is 2. The molecule has 0 fully saturated rings. The van der Waals surface area contributed by atoms with Gasteiger partial charge in [0, 0.05) is 24.4 Å². The second kappa shape index (κ2) is 5.95. The number of aromatic nitrogens is 1. The van der Waals surface area contributed by atoms with Crippen LogP contribution < -0.4 is 0 Å². The molecule has 0 saturated heterocycles. The molecule has 0 atom stereocenters. The zero-order valence-electron chi connectivity index (χ0n) is 14.5. The molecule has 0 saturated carbocycles. The Morgan fingerprint density at radius 1 is 1.00 bits per heavy atom. The second-order valence-corrected chi connectivity index (χ2v) is 6.42. The van der Waals surface area contributed by atoms with Crippen molar-refractivity contribution in [3.8, 4) is 0 Å². The van der Waals surface area contributed by atoms with Crippen molar-refractivity contribution < 1.29 is 19.1 Å². The van der Waals surface area contributed by atoms with Crippen LogP contribution in [0.5, 0.6) is 0 Å². The van der Waals surface area contributed by atoms with Crippen LogP contribution in [0.15, 0.2) is 42.6 Å². The van der Waals surface area contributed by atoms with Gasteiger partial charge in [0.2, 0.25) is 0 Å². The van der Waals surface area contributed by atoms with Gasteiger partial charge in [0.25, 0.3) is 0 Å². The van der Waals surface area contributed by atoms with Gasteiger partial charge in [-0.2, -0.15) is 0 Å². The van der Waals surface area contributed by atoms with Crippen molar-refractivity contribution in [1.29, 1.82) is 0 Å². The average molecular weight is 347 g/mol. The van der Waals surface area contributed by atoms with Crippen molar-refractivity contribution in [2.75, 3.05) is 6.61 Å². The van der Waals surface area contributed by atoms with Crippen LogP contribution in [0.4, 0.5) is 0 Å². The standard InChI is InChI=1S/C21H17NO4/c1-3-8-26-21(25)18-17-16(11-22(18)2)19(23)14-9-12-6-4-5-7-13(12)10-15(14)20(17)24/h4-7,9-11H,3,8H2,1-2H3. The molecule has 1 heterocycles. The third kappa shape index (κ3) is 2.28. The predicted octanol–water partition coefficient (Wildman–Crippen LogP) is 3.52. The fourth-order valence-corrected chi connectivity index (χ4v) is 3.43. The lowest BCUT2D eigenvalue weighted by Crippen LogP contribution is -2.22. The van der Waals surface area contributed by atoms with Crippen LogP contribution in [0.2, 0.25) is 0 Å². The van der Waals surface area contributed by atoms with Gasteiger partial charge in [0.1, 0.15) is 5.69 Å². The van der Waals surface area contributed by atoms with E-state index in [2.05, 4.69) is 0 Å². The van der Waals surface area contributed by atoms with Gasteiger partial charge in [-0.1, -0.05) is 31.2 Å². The lowest BCUT2D eigenvalue weighted by atomic mass is 9.84. The lowest BCUT2D eigenvalue weighted by Gasteiger charge is -2.16. The zero-order chi connectivity index (χ0) is 18.4. The average Bonchev–Trinajstić information content (AvgIpc) is 3.00. The number of carbonyl (C=O) groups is 3. The summed E-state index contributed by atoms with van der Waals surface area (Å²) in [6, 6.07) is 11.0. The third-order valence-electron chi connectivity index (χ3n) is 4.66. The molecule has 3 aromatic rings. The molecule has 0 bridgehead atoms. The minimum Gasteiger partial charge on any atom is -0.461 e. The van der Waals surface area contributed by atoms with Crippen molar-refractivity contribution in [1.82, 2.24) is 4.57 Å². The van der Waals surface area contributed by atoms with Gasteiger partial charge in [-0.15, -0.1) is 0 Å². The molecule has 4 rings (SSSR count). The Morgan fingerprint density at radius 2 is 1.62 bits per heavy atom. The van der Waals surface area contributed by atoms with E-state index in [4.69, 9.17) is 4.74 Å². The number of rotatable bonds is 3. The minimum absolute atomic E-state index is 0.130. The normalized spacial score (nSPS) is 12.8. The van der Waals surface area contributed by atoms with E-state index in [1.807, 2.05) is 31.2 Å². The first kappa shape index (κ1) is 16.3. The molecule has 2 aromatic carbocycles. The molecule has 0 aliphatic heterocycles. The van der Waals surface area contributed by atoms with E-state index in [1.165, 1.54) is 10.8 Å². The van der Waals surface area contributed by atoms with Gasteiger partial charge in [-0.25, -0.2) is 4.79 Å². The molecule has 5 heteroatoms. The smallest absolute Gasteiger partial charge is 0.355 e. The Labute approximate surface area is 150 Å². The maximum Gasteiger partial charge on any atom is 0.355 e. The van der Waals surface area contributed by atoms with Crippen LogP contribution in [0, 0.1) is 0 Å². The number of hydrogen-bond donors (Lipinski definition) is 0. The molecule has 0 spiro atoms. The molecule has 0 radical (unpaired) electrons. The summed E-state index contributed by atoms with van der Waals surface area (Å²) in [6.45, 7) is 2.16. The van der Waals surface area contributed by atoms with E-state index >= 15 is 0 Å². The number of nitrogens with zero attached hydrogens (tertiary/aromatic N) is 1. The lowest BCUT2D eigenvalue weighted by molar-refractivity contribution is 0.0491. The van der Waals surface area contributed by atoms with Crippen LogP contribution in [0.1, 0.15) is 55.7 Å². The fourth-order valence-electron chi connectivity index (χ4n) is 3.43. The molecule has 1 aliphatic rings. The Kier molecular flexibility index (Phi) is 3.72. The molecular formula is C21H17NO4. The molecular weight excluding hydrogens is 330 g/mol. The van der Waals surface area contributed by atoms with E-state index in [0.717, 1.165) is 10.8 Å². The number of fused-ring (bicyclic) bond motifs is 3. The molecule has 0 amide bonds. The summed E-state index contributed by atoms with van der Waals surface area (Å²) >= 11 is 0. The highest BCUT2D eigenvalue weighted by Crippen LogP contribution is 2.33. The van der Waals surface area contributed by atoms with E-state index in [0.29, 0.717) is 17.5 Å². The van der Waals surface area contributed by atoms with Gasteiger partial charge in [-0.05, 0) is 29.3 Å². The Bertz CT molecular complexity index is 1090. The number of ether oxygens (including phenoxy) is 1. The Morgan fingerprint density at radius 3 is 2.23 bits per heavy atom. The molecule has 5 nitrogen and oxygen atoms in total. The fraction of sp³-hybridized carbons (Fsp3) is 0.190. The quantitative estimate of drug-likeness (QED) is 0.532. The first-order valence-corrected chi connectivity index (χ1v) is 8.51. The topological polar surface area (TPSA) is 65.4 Å². The zero-order valence-corrected chi connectivity index (χ0v) is 14.5. The monoisotopic (exact) mass is 347 g/mol. The van der Waals surface area contributed by atoms with Crippen molar-refractivity contribution in [2.24, 2.45) is 7.05 Å². The van der Waals surface area contributed by atoms with Crippen LogP contribution in [-0.4, -0.2) is 28.7 Å². The summed E-state index contributed by atoms with van der Waals surface area (Å²) in [5.74, 6) is -1.14. The largest absolute Gasteiger partial charge is 0.461 e. The van der Waals surface area contributed by atoms with Gasteiger partial charge >= 0.3 is 5.97 Å². The summed E-state index contributed by atoms with van der Waals surface area (Å²) in [4.78, 5) is 38.5. The maximum absolute atomic E-state index is 13.1. The molecule has 1 aromatic heterocycles. The third-order valence-corrected chi connectivity index (χ3v) is 4.66. The highest BCUT2D eigenvalue weighted by Gasteiger charge is 2.36. The van der Waals surface area contributed by atoms with Gasteiger partial charge in [-0.3, -0.25) is 9.59 Å². The van der Waals surface area contributed by atoms with Crippen LogP contribution in [0.3, 0.4) is 0 Å². The number of esters is 1. The van der Waals surface area contributed by atoms with Crippen LogP contribution in [0.25, 0.3) is 10.8 Å². The number of hydrogen-bond acceptors (Lipinski definition) is 4. The summed E-state index contributed by atoms with van der Waals surface area (Å²) in [5, 5.41) is 1.77. The molecule has 0 N–H and O–H groups in total. The molecule has 26 heavy (non-hydrogen) atoms. The van der Waals surface area contributed by atoms with Crippen molar-refractivity contribution in [3.05, 3.63) is 70.5 Å². The molecule has 0 unspecified atom stereocenters. The van der Waals surface area contributed by atoms with Gasteiger partial charge in [0.15, 0.2) is 11.6 Å². The van der Waals surface area contributed by atoms with Gasteiger partial charge in [0.05, 0.1) is 17.7 Å². The van der Waals surface area contributed by atoms with Crippen molar-refractivity contribution in [3.63, 3.8) is 0 Å². The predicted molar refractivity (Wildman–Crippen MR) is 96.8 cm³/mol. The van der Waals surface area contributed by atoms with Crippen molar-refractivity contribution >= 4 is 28.3 Å². The van der Waals surface area contributed by atoms with E-state index in [1.54, 1.807) is 19.2 Å². The SMILES string of the molecule is CCCOC(=O)c1c2c(cn1C)C(=O)c1cc3ccccc3cc1C2=O. The summed E-state index contributed by atoms with van der Waals surface area (Å²) in [7, 11) is 1.64. The first-order chi connectivity index (χ1) is 12.5. The number of carbonyl (C=O) groups excluding carboxylic acids is 3. The molecule has 1 aliphatic carbocycles. The number of ketones is 2. The van der Waals surface area contributed by atoms with E-state index in [9.17, 15) is 14.4 Å². The van der Waals surface area contributed by atoms with Crippen molar-refractivity contribution in [2.45, 2.75) is 13.3 Å². The highest BCUT2D eigenvalue weighted by molar-refractivity contribution is 6.31. The van der Waals surface area contributed by atoms with Crippen LogP contribution >= 0.6 is 0 Å². The second-order valence-electron chi connectivity index (χ2n) is 6.42. The molecule has 130 valence electrons. The summed E-state index contributed by atoms with van der Waals surface area (Å²) in [6.07, 6.45) is 2.22. The van der Waals surface area contributed by atoms with E-state index < -0.39 is 5.97 Å². The van der Waals surface area contributed by atoms with E-state index in [-0.39, 0.29) is 35.0 Å². The van der Waals surface area contributed by atoms with Crippen LogP contribution in [-0.2, 0) is 11.8 Å². The summed E-state index contributed by atoms with van der Waals surface area (Å²) < 4.78 is 6.71. The highest BCUT2D eigenvalue weighted by atomic mass is 16.5. The summed E-state index contributed by atoms with van der Waals surface area (Å²) in [5.41, 5.74) is 1.23.